The van der Waals surface area contributed by atoms with E-state index in [0.29, 0.717) is 208 Å². The lowest BCUT2D eigenvalue weighted by Crippen LogP contribution is -2.42. The summed E-state index contributed by atoms with van der Waals surface area (Å²) in [6.45, 7) is 23.3. The molecule has 0 heterocycles. The lowest BCUT2D eigenvalue weighted by Gasteiger charge is -2.30. The first-order valence-electron chi connectivity index (χ1n) is 44.2. The molecule has 0 aromatic carbocycles. The van der Waals surface area contributed by atoms with Gasteiger partial charge in [0.1, 0.15) is 0 Å². The number of nitrogens with zero attached hydrogens (tertiary/aromatic N) is 14. The van der Waals surface area contributed by atoms with Gasteiger partial charge >= 0.3 is 0 Å². The van der Waals surface area contributed by atoms with E-state index in [9.17, 15) is 38.4 Å². The first kappa shape index (κ1) is 110. The fraction of sp³-hybridized carbons (Fsp3) is 0.906. The van der Waals surface area contributed by atoms with E-state index in [4.69, 9.17) is 0 Å². The third-order valence-corrected chi connectivity index (χ3v) is 20.2. The molecule has 30 heteroatoms. The predicted molar refractivity (Wildman–Crippen MR) is 474 cm³/mol. The summed E-state index contributed by atoms with van der Waals surface area (Å²) in [5.41, 5.74) is 0. The Bertz CT molecular complexity index is 2370. The second-order valence-electron chi connectivity index (χ2n) is 40.9. The molecule has 8 N–H and O–H groups in total. The molecule has 8 amide bonds. The van der Waals surface area contributed by atoms with Crippen molar-refractivity contribution in [2.24, 2.45) is 0 Å². The molecule has 0 saturated heterocycles. The first-order chi connectivity index (χ1) is 53.3. The Balaban J connectivity index is 7.34. The number of hydrogen-bond acceptors (Lipinski definition) is 14. The molecule has 0 aromatic rings. The Labute approximate surface area is 703 Å². The van der Waals surface area contributed by atoms with E-state index in [-0.39, 0.29) is 47.3 Å². The largest absolute Gasteiger partial charge is 0.356 e. The van der Waals surface area contributed by atoms with Crippen LogP contribution in [0.2, 0.25) is 0 Å². The fourth-order valence-electron chi connectivity index (χ4n) is 13.2. The van der Waals surface area contributed by atoms with Crippen molar-refractivity contribution in [3.8, 4) is 0 Å². The van der Waals surface area contributed by atoms with Crippen LogP contribution in [0.5, 0.6) is 0 Å². The summed E-state index contributed by atoms with van der Waals surface area (Å²) in [5.74, 6) is 0.0397. The van der Waals surface area contributed by atoms with Crippen LogP contribution in [-0.2, 0) is 38.4 Å². The summed E-state index contributed by atoms with van der Waals surface area (Å²) in [7, 11) is 51.7. The van der Waals surface area contributed by atoms with E-state index in [1.54, 1.807) is 0 Å². The lowest BCUT2D eigenvalue weighted by molar-refractivity contribution is -0.870. The van der Waals surface area contributed by atoms with Crippen LogP contribution in [0.3, 0.4) is 0 Å². The smallest absolute Gasteiger partial charge is 0.221 e. The van der Waals surface area contributed by atoms with Gasteiger partial charge < -0.3 is 108 Å². The zero-order valence-corrected chi connectivity index (χ0v) is 79.0. The highest BCUT2D eigenvalue weighted by molar-refractivity contribution is 5.78. The Hall–Kier alpha value is -4.80. The molecule has 0 atom stereocenters. The van der Waals surface area contributed by atoms with Crippen LogP contribution in [0.15, 0.2) is 0 Å². The molecular weight excluding hydrogens is 1460 g/mol. The average Bonchev–Trinajstić information content (AvgIpc) is 0.926. The van der Waals surface area contributed by atoms with Crippen LogP contribution in [0.1, 0.15) is 122 Å². The van der Waals surface area contributed by atoms with Crippen molar-refractivity contribution in [2.45, 2.75) is 122 Å². The second kappa shape index (κ2) is 59.8. The standard InChI is InChI=1S/C85H178N22O8/c1-100(2,3)70-25-44-86-78(108)36-58-94(54-34-56-96(60-38-80(110)88-46-27-72-102(7,8)9)66-68-98(62-40-82(112)90-48-29-74-104(13,14)15)63-41-83(113)91-49-30-75-105(16,17)18)52-33-53-95(59-37-79(109)87-45-26-71-101(4,5)6)55-35-57-97(61-39-81(111)89-47-28-73-103(10,11)12)67-69-99(64-42-84(114)92-50-31-76-106(19,20)21)65-43-85(115)93-51-32-77-107(22,23)24/h25-77H2,1-24H3/p+8. The van der Waals surface area contributed by atoms with Crippen molar-refractivity contribution in [2.75, 3.05) is 392 Å². The Morgan fingerprint density at radius 3 is 0.374 bits per heavy atom. The van der Waals surface area contributed by atoms with Gasteiger partial charge in [-0.3, -0.25) is 38.4 Å². The third-order valence-electron chi connectivity index (χ3n) is 20.2. The maximum absolute atomic E-state index is 13.7. The van der Waals surface area contributed by atoms with Crippen LogP contribution in [0, 0.1) is 0 Å². The van der Waals surface area contributed by atoms with Crippen molar-refractivity contribution >= 4 is 47.3 Å². The van der Waals surface area contributed by atoms with Crippen molar-refractivity contribution in [3.63, 3.8) is 0 Å². The van der Waals surface area contributed by atoms with Crippen molar-refractivity contribution in [1.29, 1.82) is 0 Å². The van der Waals surface area contributed by atoms with E-state index < -0.39 is 0 Å². The molecule has 0 fully saturated rings. The average molecular weight is 1640 g/mol. The lowest BCUT2D eigenvalue weighted by atomic mass is 10.2. The molecular formula is C85H186N22O8+8. The SMILES string of the molecule is C[N+](C)(C)CCCNC(=O)CCN(CCCN(CCCN(CCC(=O)NCCC[N+](C)(C)C)CCN(CCC(=O)NCCC[N+](C)(C)C)CCC(=O)NCCC[N+](C)(C)C)CCC(=O)NCCC[N+](C)(C)C)CCCN(CCC(=O)NCCC[N+](C)(C)C)CCN(CCC(=O)NCCC[N+](C)(C)C)CCC(=O)NCCC[N+](C)(C)C. The topological polar surface area (TPSA) is 252 Å². The zero-order valence-electron chi connectivity index (χ0n) is 79.0. The third kappa shape index (κ3) is 77.6. The first-order valence-corrected chi connectivity index (χ1v) is 44.2. The maximum Gasteiger partial charge on any atom is 0.221 e. The number of hydrogen-bond donors (Lipinski definition) is 8. The monoisotopic (exact) mass is 1640 g/mol. The van der Waals surface area contributed by atoms with Crippen molar-refractivity contribution in [1.82, 2.24) is 71.9 Å². The molecule has 115 heavy (non-hydrogen) atoms. The number of nitrogens with one attached hydrogen (secondary N) is 8. The molecule has 0 spiro atoms. The normalized spacial score (nSPS) is 12.9. The molecule has 676 valence electrons. The molecule has 0 aromatic heterocycles. The van der Waals surface area contributed by atoms with Crippen molar-refractivity contribution < 1.29 is 74.2 Å². The molecule has 0 unspecified atom stereocenters. The van der Waals surface area contributed by atoms with Gasteiger partial charge in [-0.25, -0.2) is 0 Å². The minimum absolute atomic E-state index is 0.00678. The summed E-state index contributed by atoms with van der Waals surface area (Å²) in [4.78, 5) is 122. The highest BCUT2D eigenvalue weighted by Crippen LogP contribution is 2.10. The minimum atomic E-state index is -0.00678. The van der Waals surface area contributed by atoms with Gasteiger partial charge in [-0.2, -0.15) is 0 Å². The molecule has 0 saturated carbocycles. The summed E-state index contributed by atoms with van der Waals surface area (Å²) in [5, 5.41) is 25.3. The van der Waals surface area contributed by atoms with Crippen LogP contribution >= 0.6 is 0 Å². The van der Waals surface area contributed by atoms with Gasteiger partial charge in [0.15, 0.2) is 0 Å². The second-order valence-corrected chi connectivity index (χ2v) is 40.9. The van der Waals surface area contributed by atoms with E-state index >= 15 is 0 Å². The number of carbonyl (C=O) groups is 8. The predicted octanol–water partition coefficient (Wildman–Crippen LogP) is 0.790. The minimum Gasteiger partial charge on any atom is -0.356 e. The zero-order chi connectivity index (χ0) is 87.2. The van der Waals surface area contributed by atoms with Crippen LogP contribution in [0.4, 0.5) is 0 Å². The van der Waals surface area contributed by atoms with Gasteiger partial charge in [0, 0.05) is 234 Å². The molecule has 0 aliphatic heterocycles. The van der Waals surface area contributed by atoms with Gasteiger partial charge in [-0.05, 0) is 58.5 Å². The summed E-state index contributed by atoms with van der Waals surface area (Å²) >= 11 is 0. The summed E-state index contributed by atoms with van der Waals surface area (Å²) < 4.78 is 6.55. The van der Waals surface area contributed by atoms with Crippen LogP contribution < -0.4 is 42.5 Å². The Morgan fingerprint density at radius 1 is 0.157 bits per heavy atom. The number of quaternary nitrogens is 8. The summed E-state index contributed by atoms with van der Waals surface area (Å²) in [6, 6.07) is 0. The van der Waals surface area contributed by atoms with Crippen molar-refractivity contribution in [3.05, 3.63) is 0 Å². The molecule has 0 radical (unpaired) electrons. The summed E-state index contributed by atoms with van der Waals surface area (Å²) in [6.07, 6.45) is 11.9. The molecule has 0 aliphatic carbocycles. The van der Waals surface area contributed by atoms with E-state index in [1.807, 2.05) is 0 Å². The van der Waals surface area contributed by atoms with Gasteiger partial charge in [0.2, 0.25) is 47.3 Å². The maximum atomic E-state index is 13.7. The van der Waals surface area contributed by atoms with E-state index in [2.05, 4.69) is 241 Å². The van der Waals surface area contributed by atoms with Crippen LogP contribution in [-0.4, -0.2) is 504 Å². The molecule has 30 nitrogen and oxygen atoms in total. The van der Waals surface area contributed by atoms with E-state index in [1.165, 1.54) is 0 Å². The van der Waals surface area contributed by atoms with Crippen LogP contribution in [0.25, 0.3) is 0 Å². The molecule has 0 bridgehead atoms. The highest BCUT2D eigenvalue weighted by atomic mass is 16.2. The Kier molecular flexibility index (Phi) is 57.3. The number of rotatable bonds is 74. The highest BCUT2D eigenvalue weighted by Gasteiger charge is 2.22. The van der Waals surface area contributed by atoms with Gasteiger partial charge in [-0.15, -0.1) is 0 Å². The molecule has 0 rings (SSSR count). The quantitative estimate of drug-likeness (QED) is 0.0310. The number of carbonyl (C=O) groups excluding carboxylic acids is 8. The number of amides is 8. The Morgan fingerprint density at radius 2 is 0.261 bits per heavy atom. The van der Waals surface area contributed by atoms with E-state index in [0.717, 1.165) is 172 Å². The van der Waals surface area contributed by atoms with Gasteiger partial charge in [0.05, 0.1) is 222 Å². The molecule has 0 aliphatic rings. The fourth-order valence-corrected chi connectivity index (χ4v) is 13.2. The van der Waals surface area contributed by atoms with Gasteiger partial charge in [0.25, 0.3) is 0 Å². The van der Waals surface area contributed by atoms with Gasteiger partial charge in [-0.1, -0.05) is 0 Å².